The summed E-state index contributed by atoms with van der Waals surface area (Å²) in [5.41, 5.74) is 5.10. The molecule has 0 bridgehead atoms. The molecule has 220 valence electrons. The van der Waals surface area contributed by atoms with Gasteiger partial charge in [-0.15, -0.1) is 0 Å². The van der Waals surface area contributed by atoms with Crippen molar-refractivity contribution in [2.45, 2.75) is 38.1 Å². The van der Waals surface area contributed by atoms with Crippen LogP contribution in [0.2, 0.25) is 10.0 Å². The van der Waals surface area contributed by atoms with E-state index in [9.17, 15) is 14.4 Å². The predicted octanol–water partition coefficient (Wildman–Crippen LogP) is 8.35. The Kier molecular flexibility index (Phi) is 7.57. The zero-order chi connectivity index (χ0) is 30.4. The summed E-state index contributed by atoms with van der Waals surface area (Å²) in [6.07, 6.45) is 5.40. The normalized spacial score (nSPS) is 20.3. The van der Waals surface area contributed by atoms with E-state index in [1.165, 1.54) is 4.90 Å². The quantitative estimate of drug-likeness (QED) is 0.203. The molecule has 2 atom stereocenters. The molecule has 0 saturated heterocycles. The maximum Gasteiger partial charge on any atom is 0.261 e. The zero-order valence-electron chi connectivity index (χ0n) is 23.9. The van der Waals surface area contributed by atoms with Crippen LogP contribution in [0.4, 0.5) is 0 Å². The number of amides is 3. The Bertz CT molecular complexity index is 1810. The van der Waals surface area contributed by atoms with Crippen LogP contribution in [-0.4, -0.2) is 39.9 Å². The number of hydrazone groups is 1. The lowest BCUT2D eigenvalue weighted by Crippen LogP contribution is -2.41. The number of hydrogen-bond acceptors (Lipinski definition) is 4. The molecule has 0 radical (unpaired) electrons. The molecule has 1 saturated carbocycles. The highest BCUT2D eigenvalue weighted by Crippen LogP contribution is 2.45. The van der Waals surface area contributed by atoms with Crippen LogP contribution in [0.25, 0.3) is 16.8 Å². The summed E-state index contributed by atoms with van der Waals surface area (Å²) in [5.74, 6) is -0.739. The number of hydrogen-bond donors (Lipinski definition) is 0. The van der Waals surface area contributed by atoms with Gasteiger partial charge in [-0.05, 0) is 90.2 Å². The van der Waals surface area contributed by atoms with Gasteiger partial charge in [-0.2, -0.15) is 5.10 Å². The van der Waals surface area contributed by atoms with E-state index < -0.39 is 0 Å². The van der Waals surface area contributed by atoms with Crippen molar-refractivity contribution in [1.29, 1.82) is 0 Å². The average Bonchev–Trinajstić information content (AvgIpc) is 3.43. The number of carbonyl (C=O) groups excluding carboxylic acids is 3. The number of allylic oxidation sites excluding steroid dienone is 1. The monoisotopic (exact) mass is 621 g/mol. The Labute approximate surface area is 265 Å². The summed E-state index contributed by atoms with van der Waals surface area (Å²) in [6, 6.07) is 26.0. The SMILES string of the molecule is O=C1c2cccc3cccc(c23)C(=O)N1CCCC(=O)N1N=C2/C(=C\c3ccc(Cl)cc3)CCCC2C1c1ccc(Cl)cc1. The Morgan fingerprint density at radius 3 is 2.16 bits per heavy atom. The molecule has 1 aliphatic carbocycles. The van der Waals surface area contributed by atoms with Gasteiger partial charge in [-0.1, -0.05) is 71.7 Å². The molecule has 3 aliphatic rings. The van der Waals surface area contributed by atoms with Crippen molar-refractivity contribution >= 4 is 63.5 Å². The zero-order valence-corrected chi connectivity index (χ0v) is 25.4. The summed E-state index contributed by atoms with van der Waals surface area (Å²) in [4.78, 5) is 41.8. The van der Waals surface area contributed by atoms with Crippen LogP contribution in [0.3, 0.4) is 0 Å². The minimum absolute atomic E-state index is 0.0506. The minimum Gasteiger partial charge on any atom is -0.274 e. The van der Waals surface area contributed by atoms with Gasteiger partial charge in [-0.3, -0.25) is 19.3 Å². The first-order valence-electron chi connectivity index (χ1n) is 14.9. The fourth-order valence-electron chi connectivity index (χ4n) is 6.75. The maximum absolute atomic E-state index is 13.9. The molecule has 7 rings (SSSR count). The van der Waals surface area contributed by atoms with E-state index in [0.29, 0.717) is 33.0 Å². The molecule has 4 aromatic carbocycles. The van der Waals surface area contributed by atoms with Crippen LogP contribution in [0.15, 0.2) is 95.6 Å². The van der Waals surface area contributed by atoms with Gasteiger partial charge in [-0.25, -0.2) is 5.01 Å². The van der Waals surface area contributed by atoms with Crippen LogP contribution in [0.5, 0.6) is 0 Å². The third-order valence-corrected chi connectivity index (χ3v) is 9.31. The summed E-state index contributed by atoms with van der Waals surface area (Å²) in [5, 5.41) is 9.46. The van der Waals surface area contributed by atoms with Crippen LogP contribution in [0.1, 0.15) is 70.0 Å². The van der Waals surface area contributed by atoms with E-state index >= 15 is 0 Å². The minimum atomic E-state index is -0.324. The highest BCUT2D eigenvalue weighted by atomic mass is 35.5. The van der Waals surface area contributed by atoms with Gasteiger partial charge in [0.1, 0.15) is 0 Å². The lowest BCUT2D eigenvalue weighted by Gasteiger charge is -2.30. The van der Waals surface area contributed by atoms with Crippen LogP contribution in [-0.2, 0) is 4.79 Å². The number of carbonyl (C=O) groups is 3. The van der Waals surface area contributed by atoms with Crippen molar-refractivity contribution in [3.63, 3.8) is 0 Å². The summed E-state index contributed by atoms with van der Waals surface area (Å²) in [6.45, 7) is 0.148. The summed E-state index contributed by atoms with van der Waals surface area (Å²) in [7, 11) is 0. The standard InChI is InChI=1S/C36H29Cl2N3O3/c37-26-16-12-22(13-17-26)21-25-7-3-10-30-33(25)39-41(34(30)24-14-18-27(38)19-15-24)31(42)11-4-20-40-35(43)28-8-1-5-23-6-2-9-29(32(23)28)36(40)44/h1-2,5-6,8-9,12-19,21,30,34H,3-4,7,10-11,20H2/b25-21-. The van der Waals surface area contributed by atoms with Crippen molar-refractivity contribution in [1.82, 2.24) is 9.91 Å². The molecule has 2 aliphatic heterocycles. The average molecular weight is 623 g/mol. The molecule has 44 heavy (non-hydrogen) atoms. The number of nitrogens with zero attached hydrogens (tertiary/aromatic N) is 3. The first-order chi connectivity index (χ1) is 21.4. The maximum atomic E-state index is 13.9. The first kappa shape index (κ1) is 28.5. The van der Waals surface area contributed by atoms with Crippen LogP contribution in [0, 0.1) is 5.92 Å². The summed E-state index contributed by atoms with van der Waals surface area (Å²) < 4.78 is 0. The van der Waals surface area contributed by atoms with Gasteiger partial charge >= 0.3 is 0 Å². The third-order valence-electron chi connectivity index (χ3n) is 8.81. The van der Waals surface area contributed by atoms with Gasteiger partial charge < -0.3 is 0 Å². The number of fused-ring (bicyclic) bond motifs is 1. The molecular formula is C36H29Cl2N3O3. The second kappa shape index (κ2) is 11.7. The van der Waals surface area contributed by atoms with Gasteiger partial charge in [0.15, 0.2) is 0 Å². The molecule has 8 heteroatoms. The van der Waals surface area contributed by atoms with Crippen molar-refractivity contribution in [2.75, 3.05) is 6.54 Å². The second-order valence-corrected chi connectivity index (χ2v) is 12.4. The van der Waals surface area contributed by atoms with Crippen LogP contribution >= 0.6 is 23.2 Å². The molecule has 0 aromatic heterocycles. The van der Waals surface area contributed by atoms with E-state index in [-0.39, 0.29) is 42.6 Å². The Balaban J connectivity index is 1.13. The molecule has 2 heterocycles. The van der Waals surface area contributed by atoms with E-state index in [1.807, 2.05) is 72.8 Å². The molecule has 6 nitrogen and oxygen atoms in total. The van der Waals surface area contributed by atoms with Gasteiger partial charge in [0.25, 0.3) is 11.8 Å². The van der Waals surface area contributed by atoms with Gasteiger partial charge in [0, 0.05) is 45.4 Å². The predicted molar refractivity (Wildman–Crippen MR) is 174 cm³/mol. The van der Waals surface area contributed by atoms with Crippen molar-refractivity contribution < 1.29 is 14.4 Å². The Morgan fingerprint density at radius 1 is 0.864 bits per heavy atom. The number of benzene rings is 4. The van der Waals surface area contributed by atoms with E-state index in [4.69, 9.17) is 28.3 Å². The Hall–Kier alpha value is -4.26. The molecule has 3 amide bonds. The fourth-order valence-corrected chi connectivity index (χ4v) is 7.00. The fraction of sp³-hybridized carbons (Fsp3) is 0.222. The van der Waals surface area contributed by atoms with Gasteiger partial charge in [0.2, 0.25) is 5.91 Å². The van der Waals surface area contributed by atoms with E-state index in [2.05, 4.69) is 6.08 Å². The van der Waals surface area contributed by atoms with Gasteiger partial charge in [0.05, 0.1) is 11.8 Å². The van der Waals surface area contributed by atoms with E-state index in [0.717, 1.165) is 47.1 Å². The number of rotatable bonds is 6. The van der Waals surface area contributed by atoms with Crippen molar-refractivity contribution in [2.24, 2.45) is 11.0 Å². The number of halogens is 2. The molecule has 0 N–H and O–H groups in total. The topological polar surface area (TPSA) is 70.1 Å². The second-order valence-electron chi connectivity index (χ2n) is 11.5. The van der Waals surface area contributed by atoms with Crippen molar-refractivity contribution in [3.8, 4) is 0 Å². The molecule has 4 aromatic rings. The molecule has 0 spiro atoms. The highest BCUT2D eigenvalue weighted by Gasteiger charge is 2.43. The smallest absolute Gasteiger partial charge is 0.261 e. The summed E-state index contributed by atoms with van der Waals surface area (Å²) >= 11 is 12.3. The largest absolute Gasteiger partial charge is 0.274 e. The molecule has 2 unspecified atom stereocenters. The third kappa shape index (κ3) is 5.12. The number of imide groups is 1. The van der Waals surface area contributed by atoms with Crippen LogP contribution < -0.4 is 0 Å². The highest BCUT2D eigenvalue weighted by molar-refractivity contribution is 6.31. The van der Waals surface area contributed by atoms with E-state index in [1.54, 1.807) is 17.1 Å². The van der Waals surface area contributed by atoms with Crippen molar-refractivity contribution in [3.05, 3.63) is 123 Å². The Morgan fingerprint density at radius 2 is 1.50 bits per heavy atom. The lowest BCUT2D eigenvalue weighted by atomic mass is 9.77. The molecule has 1 fully saturated rings. The first-order valence-corrected chi connectivity index (χ1v) is 15.6. The lowest BCUT2D eigenvalue weighted by molar-refractivity contribution is -0.133. The molecular weight excluding hydrogens is 593 g/mol.